The van der Waals surface area contributed by atoms with Crippen molar-refractivity contribution >= 4 is 10.9 Å². The Hall–Kier alpha value is -2.46. The Balaban J connectivity index is 1.57. The van der Waals surface area contributed by atoms with Crippen LogP contribution >= 0.6 is 0 Å². The molecule has 160 valence electrons. The zero-order chi connectivity index (χ0) is 20.9. The number of fused-ring (bicyclic) bond motifs is 4. The van der Waals surface area contributed by atoms with E-state index in [1.165, 1.54) is 52.5 Å². The quantitative estimate of drug-likeness (QED) is 0.603. The molecule has 2 N–H and O–H groups in total. The first-order valence-corrected chi connectivity index (χ1v) is 12.0. The summed E-state index contributed by atoms with van der Waals surface area (Å²) in [6.45, 7) is 3.39. The van der Waals surface area contributed by atoms with Gasteiger partial charge in [-0.25, -0.2) is 0 Å². The van der Waals surface area contributed by atoms with Crippen LogP contribution in [0.1, 0.15) is 67.0 Å². The number of aromatic nitrogens is 1. The number of unbranched alkanes of at least 4 members (excludes halogenated alkanes) is 1. The Morgan fingerprint density at radius 1 is 1.23 bits per heavy atom. The fourth-order valence-electron chi connectivity index (χ4n) is 7.85. The standard InChI is InChI=1S/C27H30N2O2/c1-3-4-7-17-21-16-8-5-6-9-18(16)28-24(21)26-27-12-13-29(2)19(23(17)27)14-15-10-11-20(30)25(31-26)22(15)27/h5-6,8-11,17,19,23,26,28,30H,3-4,7,12-14H2,1-2H3/t17?,19-,23+,26-,27-/m1/s1. The summed E-state index contributed by atoms with van der Waals surface area (Å²) in [5.74, 6) is 2.10. The van der Waals surface area contributed by atoms with Gasteiger partial charge in [0, 0.05) is 27.9 Å². The van der Waals surface area contributed by atoms with Gasteiger partial charge in [-0.1, -0.05) is 44.0 Å². The van der Waals surface area contributed by atoms with Gasteiger partial charge in [-0.3, -0.25) is 0 Å². The third-order valence-electron chi connectivity index (χ3n) is 8.99. The van der Waals surface area contributed by atoms with Crippen molar-refractivity contribution in [3.05, 3.63) is 58.8 Å². The molecule has 0 saturated carbocycles. The molecular weight excluding hydrogens is 384 g/mol. The Kier molecular flexibility index (Phi) is 3.55. The van der Waals surface area contributed by atoms with E-state index in [0.29, 0.717) is 23.6 Å². The summed E-state index contributed by atoms with van der Waals surface area (Å²) in [7, 11) is 2.32. The Bertz CT molecular complexity index is 1210. The average Bonchev–Trinajstić information content (AvgIpc) is 3.33. The summed E-state index contributed by atoms with van der Waals surface area (Å²) in [6, 6.07) is 13.3. The van der Waals surface area contributed by atoms with Gasteiger partial charge in [0.15, 0.2) is 11.5 Å². The van der Waals surface area contributed by atoms with Gasteiger partial charge in [0.25, 0.3) is 0 Å². The molecule has 2 aliphatic carbocycles. The van der Waals surface area contributed by atoms with E-state index in [1.807, 2.05) is 6.07 Å². The van der Waals surface area contributed by atoms with Crippen molar-refractivity contribution in [1.82, 2.24) is 9.88 Å². The van der Waals surface area contributed by atoms with E-state index in [2.05, 4.69) is 54.2 Å². The van der Waals surface area contributed by atoms with Crippen LogP contribution in [0.3, 0.4) is 0 Å². The number of phenolic OH excluding ortho intramolecular Hbond substituents is 1. The first kappa shape index (κ1) is 18.1. The van der Waals surface area contributed by atoms with Gasteiger partial charge >= 0.3 is 0 Å². The predicted octanol–water partition coefficient (Wildman–Crippen LogP) is 5.41. The lowest BCUT2D eigenvalue weighted by Gasteiger charge is -2.60. The van der Waals surface area contributed by atoms with Crippen LogP contribution in [-0.2, 0) is 11.8 Å². The summed E-state index contributed by atoms with van der Waals surface area (Å²) < 4.78 is 6.75. The number of hydrogen-bond donors (Lipinski definition) is 2. The molecule has 0 radical (unpaired) electrons. The van der Waals surface area contributed by atoms with Crippen molar-refractivity contribution in [1.29, 1.82) is 0 Å². The monoisotopic (exact) mass is 414 g/mol. The number of hydrogen-bond acceptors (Lipinski definition) is 3. The number of nitrogens with zero attached hydrogens (tertiary/aromatic N) is 1. The third kappa shape index (κ3) is 2.05. The molecule has 1 unspecified atom stereocenters. The van der Waals surface area contributed by atoms with Crippen LogP contribution < -0.4 is 4.74 Å². The maximum absolute atomic E-state index is 10.8. The molecule has 4 aliphatic rings. The average molecular weight is 415 g/mol. The van der Waals surface area contributed by atoms with Gasteiger partial charge in [-0.05, 0) is 68.0 Å². The van der Waals surface area contributed by atoms with Crippen LogP contribution in [0.2, 0.25) is 0 Å². The molecular formula is C27H30N2O2. The molecule has 3 aromatic rings. The number of ether oxygens (including phenoxy) is 1. The SMILES string of the molecule is CCCCC1c2c([nH]c3ccccc23)[C@H]2Oc3c(O)ccc4c3[C@@]23CCN(C)[C@H](C4)[C@H]13. The van der Waals surface area contributed by atoms with Crippen molar-refractivity contribution in [3.8, 4) is 11.5 Å². The molecule has 1 saturated heterocycles. The van der Waals surface area contributed by atoms with E-state index in [0.717, 1.165) is 25.1 Å². The lowest BCUT2D eigenvalue weighted by molar-refractivity contribution is -0.0413. The minimum Gasteiger partial charge on any atom is -0.504 e. The van der Waals surface area contributed by atoms with Crippen LogP contribution in [0, 0.1) is 5.92 Å². The topological polar surface area (TPSA) is 48.5 Å². The van der Waals surface area contributed by atoms with E-state index in [1.54, 1.807) is 0 Å². The van der Waals surface area contributed by atoms with Crippen molar-refractivity contribution in [2.24, 2.45) is 5.92 Å². The van der Waals surface area contributed by atoms with Crippen molar-refractivity contribution in [2.75, 3.05) is 13.6 Å². The van der Waals surface area contributed by atoms with Gasteiger partial charge in [0.2, 0.25) is 0 Å². The molecule has 2 aromatic carbocycles. The fraction of sp³-hybridized carbons (Fsp3) is 0.481. The lowest BCUT2D eigenvalue weighted by Crippen LogP contribution is -2.63. The van der Waals surface area contributed by atoms with Crippen molar-refractivity contribution in [3.63, 3.8) is 0 Å². The van der Waals surface area contributed by atoms with E-state index < -0.39 is 0 Å². The van der Waals surface area contributed by atoms with Crippen LogP contribution in [0.25, 0.3) is 10.9 Å². The largest absolute Gasteiger partial charge is 0.504 e. The highest BCUT2D eigenvalue weighted by Crippen LogP contribution is 2.70. The second kappa shape index (κ2) is 6.07. The van der Waals surface area contributed by atoms with E-state index in [4.69, 9.17) is 4.74 Å². The zero-order valence-electron chi connectivity index (χ0n) is 18.3. The Morgan fingerprint density at radius 3 is 2.97 bits per heavy atom. The fourth-order valence-corrected chi connectivity index (χ4v) is 7.85. The molecule has 0 amide bonds. The maximum Gasteiger partial charge on any atom is 0.166 e. The van der Waals surface area contributed by atoms with Gasteiger partial charge in [-0.2, -0.15) is 0 Å². The summed E-state index contributed by atoms with van der Waals surface area (Å²) in [6.07, 6.45) is 5.81. The number of likely N-dealkylation sites (N-methyl/N-ethyl adjacent to an activating group) is 1. The van der Waals surface area contributed by atoms with E-state index in [9.17, 15) is 5.11 Å². The summed E-state index contributed by atoms with van der Waals surface area (Å²) in [5, 5.41) is 12.2. The molecule has 2 bridgehead atoms. The van der Waals surface area contributed by atoms with E-state index >= 15 is 0 Å². The molecule has 1 aromatic heterocycles. The van der Waals surface area contributed by atoms with Crippen LogP contribution in [-0.4, -0.2) is 34.6 Å². The lowest BCUT2D eigenvalue weighted by atomic mass is 9.48. The highest BCUT2D eigenvalue weighted by Gasteiger charge is 2.67. The molecule has 5 atom stereocenters. The van der Waals surface area contributed by atoms with Gasteiger partial charge < -0.3 is 19.7 Å². The zero-order valence-corrected chi connectivity index (χ0v) is 18.3. The summed E-state index contributed by atoms with van der Waals surface area (Å²) in [5.41, 5.74) is 6.66. The Morgan fingerprint density at radius 2 is 2.10 bits per heavy atom. The van der Waals surface area contributed by atoms with Gasteiger partial charge in [0.05, 0.1) is 5.69 Å². The van der Waals surface area contributed by atoms with E-state index in [-0.39, 0.29) is 11.5 Å². The highest BCUT2D eigenvalue weighted by atomic mass is 16.5. The molecule has 1 spiro atoms. The number of H-pyrrole nitrogens is 1. The smallest absolute Gasteiger partial charge is 0.166 e. The number of para-hydroxylation sites is 1. The third-order valence-corrected chi connectivity index (χ3v) is 8.99. The predicted molar refractivity (Wildman–Crippen MR) is 122 cm³/mol. The number of nitrogens with one attached hydrogen (secondary N) is 1. The van der Waals surface area contributed by atoms with Gasteiger partial charge in [-0.15, -0.1) is 0 Å². The normalized spacial score (nSPS) is 32.6. The first-order chi connectivity index (χ1) is 15.1. The highest BCUT2D eigenvalue weighted by molar-refractivity contribution is 5.86. The number of piperidine rings is 1. The van der Waals surface area contributed by atoms with Crippen molar-refractivity contribution in [2.45, 2.75) is 62.5 Å². The Labute approximate surface area is 183 Å². The van der Waals surface area contributed by atoms with Gasteiger partial charge in [0.1, 0.15) is 6.10 Å². The second-order valence-corrected chi connectivity index (χ2v) is 10.3. The molecule has 3 heterocycles. The number of benzene rings is 2. The summed E-state index contributed by atoms with van der Waals surface area (Å²) >= 11 is 0. The maximum atomic E-state index is 10.8. The number of likely N-dealkylation sites (tertiary alicyclic amines) is 1. The molecule has 4 nitrogen and oxygen atoms in total. The van der Waals surface area contributed by atoms with Crippen LogP contribution in [0.5, 0.6) is 11.5 Å². The summed E-state index contributed by atoms with van der Waals surface area (Å²) in [4.78, 5) is 6.41. The molecule has 4 heteroatoms. The first-order valence-electron chi connectivity index (χ1n) is 12.0. The molecule has 7 rings (SSSR count). The van der Waals surface area contributed by atoms with Crippen LogP contribution in [0.15, 0.2) is 36.4 Å². The minimum atomic E-state index is -0.0366. The van der Waals surface area contributed by atoms with Crippen LogP contribution in [0.4, 0.5) is 0 Å². The molecule has 2 aliphatic heterocycles. The number of aromatic hydroxyl groups is 1. The minimum absolute atomic E-state index is 0.0312. The number of aromatic amines is 1. The molecule has 1 fully saturated rings. The molecule has 31 heavy (non-hydrogen) atoms. The number of rotatable bonds is 3. The van der Waals surface area contributed by atoms with Crippen molar-refractivity contribution < 1.29 is 9.84 Å². The second-order valence-electron chi connectivity index (χ2n) is 10.3. The number of phenols is 1.